The van der Waals surface area contributed by atoms with Gasteiger partial charge in [-0.1, -0.05) is 0 Å². The van der Waals surface area contributed by atoms with Gasteiger partial charge in [0.05, 0.1) is 29.2 Å². The zero-order valence-electron chi connectivity index (χ0n) is 13.4. The van der Waals surface area contributed by atoms with Crippen molar-refractivity contribution in [3.63, 3.8) is 0 Å². The average Bonchev–Trinajstić information content (AvgIpc) is 3.18. The smallest absolute Gasteiger partial charge is 0.247 e. The van der Waals surface area contributed by atoms with Gasteiger partial charge in [0.2, 0.25) is 5.91 Å². The van der Waals surface area contributed by atoms with Crippen molar-refractivity contribution in [1.82, 2.24) is 19.6 Å². The zero-order chi connectivity index (χ0) is 16.4. The Hall–Kier alpha value is -1.60. The standard InChI is InChI=1S/C16H21BrN4O2/c1-12-15(17)10-18-21(12)13(2)16(22)20-7-5-19(6-8-20)11-14-4-3-9-23-14/h3-4,9-10,13H,5-8,11H2,1-2H3. The highest BCUT2D eigenvalue weighted by Gasteiger charge is 2.27. The van der Waals surface area contributed by atoms with Crippen molar-refractivity contribution in [2.75, 3.05) is 26.2 Å². The van der Waals surface area contributed by atoms with E-state index in [2.05, 4.69) is 25.9 Å². The number of halogens is 1. The van der Waals surface area contributed by atoms with Crippen LogP contribution in [-0.4, -0.2) is 51.7 Å². The van der Waals surface area contributed by atoms with Gasteiger partial charge in [0.1, 0.15) is 11.8 Å². The molecule has 6 nitrogen and oxygen atoms in total. The van der Waals surface area contributed by atoms with Crippen LogP contribution >= 0.6 is 15.9 Å². The first-order valence-corrected chi connectivity index (χ1v) is 8.58. The average molecular weight is 381 g/mol. The van der Waals surface area contributed by atoms with E-state index in [1.165, 1.54) is 0 Å². The van der Waals surface area contributed by atoms with Gasteiger partial charge in [-0.3, -0.25) is 14.4 Å². The lowest BCUT2D eigenvalue weighted by atomic mass is 10.2. The van der Waals surface area contributed by atoms with E-state index in [0.29, 0.717) is 0 Å². The van der Waals surface area contributed by atoms with Crippen LogP contribution in [0.5, 0.6) is 0 Å². The first kappa shape index (κ1) is 16.3. The molecule has 1 fully saturated rings. The van der Waals surface area contributed by atoms with Crippen molar-refractivity contribution in [3.8, 4) is 0 Å². The predicted molar refractivity (Wildman–Crippen MR) is 89.9 cm³/mol. The van der Waals surface area contributed by atoms with Crippen molar-refractivity contribution in [2.24, 2.45) is 0 Å². The summed E-state index contributed by atoms with van der Waals surface area (Å²) < 4.78 is 8.09. The van der Waals surface area contributed by atoms with E-state index in [1.54, 1.807) is 17.1 Å². The Kier molecular flexibility index (Phi) is 4.87. The molecule has 23 heavy (non-hydrogen) atoms. The molecule has 0 spiro atoms. The molecule has 0 radical (unpaired) electrons. The Morgan fingerprint density at radius 1 is 1.39 bits per heavy atom. The van der Waals surface area contributed by atoms with Crippen molar-refractivity contribution >= 4 is 21.8 Å². The second kappa shape index (κ2) is 6.88. The fourth-order valence-corrected chi connectivity index (χ4v) is 3.18. The summed E-state index contributed by atoms with van der Waals surface area (Å²) in [7, 11) is 0. The zero-order valence-corrected chi connectivity index (χ0v) is 15.0. The Balaban J connectivity index is 1.56. The van der Waals surface area contributed by atoms with Gasteiger partial charge in [-0.25, -0.2) is 0 Å². The van der Waals surface area contributed by atoms with Crippen LogP contribution in [-0.2, 0) is 11.3 Å². The normalized spacial score (nSPS) is 17.4. The molecule has 1 unspecified atom stereocenters. The molecule has 0 aromatic carbocycles. The summed E-state index contributed by atoms with van der Waals surface area (Å²) in [5.41, 5.74) is 0.974. The molecule has 3 rings (SSSR count). The highest BCUT2D eigenvalue weighted by Crippen LogP contribution is 2.20. The van der Waals surface area contributed by atoms with Crippen LogP contribution in [0.2, 0.25) is 0 Å². The molecule has 1 aliphatic rings. The highest BCUT2D eigenvalue weighted by molar-refractivity contribution is 9.10. The van der Waals surface area contributed by atoms with Gasteiger partial charge in [-0.2, -0.15) is 5.10 Å². The summed E-state index contributed by atoms with van der Waals surface area (Å²) in [5, 5.41) is 4.30. The van der Waals surface area contributed by atoms with E-state index >= 15 is 0 Å². The third-order valence-electron chi connectivity index (χ3n) is 4.35. The molecule has 0 bridgehead atoms. The van der Waals surface area contributed by atoms with Crippen LogP contribution in [0.25, 0.3) is 0 Å². The molecule has 1 atom stereocenters. The minimum absolute atomic E-state index is 0.126. The van der Waals surface area contributed by atoms with Gasteiger partial charge in [-0.15, -0.1) is 0 Å². The topological polar surface area (TPSA) is 54.5 Å². The van der Waals surface area contributed by atoms with Crippen LogP contribution in [0.4, 0.5) is 0 Å². The van der Waals surface area contributed by atoms with Crippen molar-refractivity contribution < 1.29 is 9.21 Å². The van der Waals surface area contributed by atoms with Gasteiger partial charge in [0, 0.05) is 26.2 Å². The lowest BCUT2D eigenvalue weighted by molar-refractivity contribution is -0.136. The number of piperazine rings is 1. The largest absolute Gasteiger partial charge is 0.468 e. The maximum absolute atomic E-state index is 12.7. The lowest BCUT2D eigenvalue weighted by Crippen LogP contribution is -2.50. The number of nitrogens with zero attached hydrogens (tertiary/aromatic N) is 4. The van der Waals surface area contributed by atoms with Gasteiger partial charge in [0.15, 0.2) is 0 Å². The molecule has 1 saturated heterocycles. The third kappa shape index (κ3) is 3.50. The molecule has 0 aliphatic carbocycles. The Morgan fingerprint density at radius 2 is 2.13 bits per heavy atom. The number of furan rings is 1. The predicted octanol–water partition coefficient (Wildman–Crippen LogP) is 2.45. The Labute approximate surface area is 144 Å². The Bertz CT molecular complexity index is 660. The van der Waals surface area contributed by atoms with Crippen LogP contribution in [0.1, 0.15) is 24.4 Å². The summed E-state index contributed by atoms with van der Waals surface area (Å²) >= 11 is 3.44. The van der Waals surface area contributed by atoms with Gasteiger partial charge in [-0.05, 0) is 41.9 Å². The quantitative estimate of drug-likeness (QED) is 0.817. The molecule has 3 heterocycles. The molecule has 0 saturated carbocycles. The van der Waals surface area contributed by atoms with Crippen LogP contribution in [0, 0.1) is 6.92 Å². The van der Waals surface area contributed by atoms with Gasteiger partial charge < -0.3 is 9.32 Å². The van der Waals surface area contributed by atoms with E-state index in [9.17, 15) is 4.79 Å². The molecule has 2 aromatic rings. The number of carbonyl (C=O) groups is 1. The summed E-state index contributed by atoms with van der Waals surface area (Å²) in [6.45, 7) is 7.88. The lowest BCUT2D eigenvalue weighted by Gasteiger charge is -2.35. The maximum Gasteiger partial charge on any atom is 0.247 e. The SMILES string of the molecule is Cc1c(Br)cnn1C(C)C(=O)N1CCN(Cc2ccco2)CC1. The van der Waals surface area contributed by atoms with E-state index in [-0.39, 0.29) is 11.9 Å². The number of hydrogen-bond acceptors (Lipinski definition) is 4. The highest BCUT2D eigenvalue weighted by atomic mass is 79.9. The van der Waals surface area contributed by atoms with Crippen molar-refractivity contribution in [2.45, 2.75) is 26.4 Å². The van der Waals surface area contributed by atoms with Crippen molar-refractivity contribution in [3.05, 3.63) is 40.5 Å². The molecule has 124 valence electrons. The summed E-state index contributed by atoms with van der Waals surface area (Å²) in [5.74, 6) is 1.09. The van der Waals surface area contributed by atoms with E-state index < -0.39 is 0 Å². The molecule has 2 aromatic heterocycles. The Morgan fingerprint density at radius 3 is 2.70 bits per heavy atom. The third-order valence-corrected chi connectivity index (χ3v) is 5.13. The molecule has 1 amide bonds. The second-order valence-electron chi connectivity index (χ2n) is 5.88. The van der Waals surface area contributed by atoms with Crippen molar-refractivity contribution in [1.29, 1.82) is 0 Å². The summed E-state index contributed by atoms with van der Waals surface area (Å²) in [6, 6.07) is 3.61. The number of carbonyl (C=O) groups excluding carboxylic acids is 1. The monoisotopic (exact) mass is 380 g/mol. The second-order valence-corrected chi connectivity index (χ2v) is 6.73. The fourth-order valence-electron chi connectivity index (χ4n) is 2.91. The van der Waals surface area contributed by atoms with Crippen LogP contribution in [0.15, 0.2) is 33.5 Å². The van der Waals surface area contributed by atoms with Gasteiger partial charge >= 0.3 is 0 Å². The minimum Gasteiger partial charge on any atom is -0.468 e. The van der Waals surface area contributed by atoms with Crippen LogP contribution < -0.4 is 0 Å². The van der Waals surface area contributed by atoms with E-state index in [1.807, 2.05) is 30.9 Å². The summed E-state index contributed by atoms with van der Waals surface area (Å²) in [4.78, 5) is 16.9. The molecular weight excluding hydrogens is 360 g/mol. The fraction of sp³-hybridized carbons (Fsp3) is 0.500. The summed E-state index contributed by atoms with van der Waals surface area (Å²) in [6.07, 6.45) is 3.43. The van der Waals surface area contributed by atoms with Crippen LogP contribution in [0.3, 0.4) is 0 Å². The molecule has 1 aliphatic heterocycles. The first-order valence-electron chi connectivity index (χ1n) is 7.79. The van der Waals surface area contributed by atoms with E-state index in [0.717, 1.165) is 48.7 Å². The van der Waals surface area contributed by atoms with Gasteiger partial charge in [0.25, 0.3) is 0 Å². The minimum atomic E-state index is -0.280. The number of amides is 1. The number of aromatic nitrogens is 2. The van der Waals surface area contributed by atoms with E-state index in [4.69, 9.17) is 4.42 Å². The maximum atomic E-state index is 12.7. The number of hydrogen-bond donors (Lipinski definition) is 0. The molecule has 0 N–H and O–H groups in total. The molecular formula is C16H21BrN4O2. The first-order chi connectivity index (χ1) is 11.1. The number of rotatable bonds is 4. The molecule has 7 heteroatoms.